The van der Waals surface area contributed by atoms with Gasteiger partial charge in [0.1, 0.15) is 0 Å². The Morgan fingerprint density at radius 1 is 0.722 bits per heavy atom. The summed E-state index contributed by atoms with van der Waals surface area (Å²) in [6, 6.07) is 0. The summed E-state index contributed by atoms with van der Waals surface area (Å²) < 4.78 is 13.6. The molecule has 0 N–H and O–H groups in total. The lowest BCUT2D eigenvalue weighted by atomic mass is 10.8. The minimum absolute atomic E-state index is 0. The van der Waals surface area contributed by atoms with E-state index >= 15 is 0 Å². The molecule has 6 heteroatoms. The first kappa shape index (κ1) is 25.9. The maximum absolute atomic E-state index is 9.82. The summed E-state index contributed by atoms with van der Waals surface area (Å²) in [5, 5.41) is 0. The SMILES string of the molecule is CCOC(C)=O.CCOC(C)=O.CCOCC.Cl. The van der Waals surface area contributed by atoms with Gasteiger partial charge in [-0.15, -0.1) is 12.4 Å². The fraction of sp³-hybridized carbons (Fsp3) is 0.833. The van der Waals surface area contributed by atoms with Gasteiger partial charge in [-0.1, -0.05) is 0 Å². The lowest BCUT2D eigenvalue weighted by molar-refractivity contribution is -0.141. The third-order valence-corrected chi connectivity index (χ3v) is 1.10. The zero-order valence-electron chi connectivity index (χ0n) is 12.3. The van der Waals surface area contributed by atoms with Crippen LogP contribution < -0.4 is 0 Å². The second kappa shape index (κ2) is 25.1. The van der Waals surface area contributed by atoms with Crippen molar-refractivity contribution < 1.29 is 23.8 Å². The van der Waals surface area contributed by atoms with Crippen molar-refractivity contribution >= 4 is 24.3 Å². The molecule has 0 aromatic carbocycles. The van der Waals surface area contributed by atoms with Gasteiger partial charge in [-0.05, 0) is 27.7 Å². The van der Waals surface area contributed by atoms with Crippen LogP contribution in [0, 0.1) is 0 Å². The predicted octanol–water partition coefficient (Wildman–Crippen LogP) is 2.60. The number of hydrogen-bond acceptors (Lipinski definition) is 5. The number of carbonyl (C=O) groups is 2. The minimum atomic E-state index is -0.211. The standard InChI is InChI=1S/2C4H8O2.C4H10O.ClH/c2*1-3-6-4(2)5;1-3-5-4-2;/h2*3H2,1-2H3;3-4H2,1-2H3;1H. The second-order valence-corrected chi connectivity index (χ2v) is 2.63. The van der Waals surface area contributed by atoms with Crippen LogP contribution in [0.25, 0.3) is 0 Å². The van der Waals surface area contributed by atoms with Crippen LogP contribution in [0.4, 0.5) is 0 Å². The summed E-state index contributed by atoms with van der Waals surface area (Å²) in [4.78, 5) is 19.6. The lowest BCUT2D eigenvalue weighted by Gasteiger charge is -1.89. The molecule has 0 aliphatic carbocycles. The molecule has 0 spiro atoms. The van der Waals surface area contributed by atoms with E-state index in [1.807, 2.05) is 13.8 Å². The van der Waals surface area contributed by atoms with E-state index in [0.29, 0.717) is 13.2 Å². The summed E-state index contributed by atoms with van der Waals surface area (Å²) >= 11 is 0. The lowest BCUT2D eigenvalue weighted by Crippen LogP contribution is -1.95. The fourth-order valence-electron chi connectivity index (χ4n) is 0.611. The van der Waals surface area contributed by atoms with Gasteiger partial charge in [0.05, 0.1) is 13.2 Å². The normalized spacial score (nSPS) is 7.44. The highest BCUT2D eigenvalue weighted by atomic mass is 35.5. The highest BCUT2D eigenvalue weighted by Gasteiger charge is 1.82. The van der Waals surface area contributed by atoms with Gasteiger partial charge in [-0.3, -0.25) is 9.59 Å². The van der Waals surface area contributed by atoms with Crippen LogP contribution in [0.3, 0.4) is 0 Å². The van der Waals surface area contributed by atoms with Crippen LogP contribution in [-0.4, -0.2) is 38.4 Å². The average molecular weight is 287 g/mol. The Morgan fingerprint density at radius 3 is 1.00 bits per heavy atom. The molecule has 0 aliphatic rings. The third-order valence-electron chi connectivity index (χ3n) is 1.10. The van der Waals surface area contributed by atoms with E-state index < -0.39 is 0 Å². The quantitative estimate of drug-likeness (QED) is 0.744. The Balaban J connectivity index is -0.0000000799. The largest absolute Gasteiger partial charge is 0.466 e. The molecular formula is C12H27ClO5. The summed E-state index contributed by atoms with van der Waals surface area (Å²) in [6.45, 7) is 13.0. The molecule has 0 saturated carbocycles. The average Bonchev–Trinajstić information content (AvgIpc) is 2.20. The molecule has 0 amide bonds. The van der Waals surface area contributed by atoms with E-state index in [0.717, 1.165) is 13.2 Å². The Labute approximate surface area is 117 Å². The molecule has 0 bridgehead atoms. The van der Waals surface area contributed by atoms with E-state index in [1.54, 1.807) is 13.8 Å². The van der Waals surface area contributed by atoms with Crippen molar-refractivity contribution in [1.82, 2.24) is 0 Å². The first-order valence-corrected chi connectivity index (χ1v) is 5.80. The van der Waals surface area contributed by atoms with Gasteiger partial charge in [-0.2, -0.15) is 0 Å². The molecule has 0 aromatic heterocycles. The number of carbonyl (C=O) groups excluding carboxylic acids is 2. The molecule has 0 aromatic rings. The molecule has 112 valence electrons. The Bertz CT molecular complexity index is 156. The number of ether oxygens (including phenoxy) is 3. The molecule has 18 heavy (non-hydrogen) atoms. The van der Waals surface area contributed by atoms with E-state index in [2.05, 4.69) is 9.47 Å². The molecule has 0 unspecified atom stereocenters. The van der Waals surface area contributed by atoms with Crippen LogP contribution in [-0.2, 0) is 23.8 Å². The van der Waals surface area contributed by atoms with Gasteiger partial charge in [-0.25, -0.2) is 0 Å². The topological polar surface area (TPSA) is 61.8 Å². The summed E-state index contributed by atoms with van der Waals surface area (Å²) in [7, 11) is 0. The molecular weight excluding hydrogens is 260 g/mol. The molecule has 0 atom stereocenters. The Morgan fingerprint density at radius 2 is 1.00 bits per heavy atom. The number of rotatable bonds is 4. The van der Waals surface area contributed by atoms with Crippen molar-refractivity contribution in [2.45, 2.75) is 41.5 Å². The number of hydrogen-bond donors (Lipinski definition) is 0. The van der Waals surface area contributed by atoms with Gasteiger partial charge >= 0.3 is 11.9 Å². The van der Waals surface area contributed by atoms with Gasteiger partial charge in [0.2, 0.25) is 0 Å². The van der Waals surface area contributed by atoms with Crippen LogP contribution in [0.1, 0.15) is 41.5 Å². The maximum atomic E-state index is 9.82. The first-order chi connectivity index (χ1) is 7.95. The van der Waals surface area contributed by atoms with Gasteiger partial charge < -0.3 is 14.2 Å². The fourth-order valence-corrected chi connectivity index (χ4v) is 0.611. The monoisotopic (exact) mass is 286 g/mol. The summed E-state index contributed by atoms with van der Waals surface area (Å²) in [5.41, 5.74) is 0. The van der Waals surface area contributed by atoms with Crippen molar-refractivity contribution in [2.75, 3.05) is 26.4 Å². The van der Waals surface area contributed by atoms with Crippen molar-refractivity contribution in [3.8, 4) is 0 Å². The van der Waals surface area contributed by atoms with Crippen LogP contribution in [0.5, 0.6) is 0 Å². The predicted molar refractivity (Wildman–Crippen MR) is 74.0 cm³/mol. The molecule has 0 saturated heterocycles. The van der Waals surface area contributed by atoms with E-state index in [-0.39, 0.29) is 24.3 Å². The number of esters is 2. The first-order valence-electron chi connectivity index (χ1n) is 5.80. The van der Waals surface area contributed by atoms with Crippen LogP contribution in [0.15, 0.2) is 0 Å². The maximum Gasteiger partial charge on any atom is 0.302 e. The highest BCUT2D eigenvalue weighted by Crippen LogP contribution is 1.70. The third kappa shape index (κ3) is 59.2. The summed E-state index contributed by atoms with van der Waals surface area (Å²) in [5.74, 6) is -0.421. The van der Waals surface area contributed by atoms with Crippen LogP contribution >= 0.6 is 12.4 Å². The molecule has 5 nitrogen and oxygen atoms in total. The molecule has 0 aliphatic heterocycles. The van der Waals surface area contributed by atoms with E-state index in [1.165, 1.54) is 13.8 Å². The molecule has 0 radical (unpaired) electrons. The number of halogens is 1. The van der Waals surface area contributed by atoms with Crippen molar-refractivity contribution in [2.24, 2.45) is 0 Å². The molecule has 0 rings (SSSR count). The second-order valence-electron chi connectivity index (χ2n) is 2.63. The van der Waals surface area contributed by atoms with Gasteiger partial charge in [0.15, 0.2) is 0 Å². The van der Waals surface area contributed by atoms with Crippen molar-refractivity contribution in [3.05, 3.63) is 0 Å². The minimum Gasteiger partial charge on any atom is -0.466 e. The van der Waals surface area contributed by atoms with Crippen LogP contribution in [0.2, 0.25) is 0 Å². The van der Waals surface area contributed by atoms with Gasteiger partial charge in [0, 0.05) is 27.1 Å². The van der Waals surface area contributed by atoms with Crippen molar-refractivity contribution in [1.29, 1.82) is 0 Å². The van der Waals surface area contributed by atoms with Gasteiger partial charge in [0.25, 0.3) is 0 Å². The zero-order valence-corrected chi connectivity index (χ0v) is 13.1. The molecule has 0 fully saturated rings. The van der Waals surface area contributed by atoms with E-state index in [4.69, 9.17) is 4.74 Å². The molecule has 0 heterocycles. The highest BCUT2D eigenvalue weighted by molar-refractivity contribution is 5.85. The zero-order chi connectivity index (χ0) is 14.1. The Hall–Kier alpha value is -0.810. The Kier molecular flexibility index (Phi) is 36.2. The van der Waals surface area contributed by atoms with Crippen molar-refractivity contribution in [3.63, 3.8) is 0 Å². The summed E-state index contributed by atoms with van der Waals surface area (Å²) in [6.07, 6.45) is 0. The van der Waals surface area contributed by atoms with E-state index in [9.17, 15) is 9.59 Å². The smallest absolute Gasteiger partial charge is 0.302 e.